The van der Waals surface area contributed by atoms with Crippen LogP contribution in [-0.2, 0) is 0 Å². The molecule has 0 aliphatic carbocycles. The molecule has 2 rings (SSSR count). The Hall–Kier alpha value is -1.92. The lowest BCUT2D eigenvalue weighted by Gasteiger charge is -2.12. The van der Waals surface area contributed by atoms with Crippen LogP contribution in [0.3, 0.4) is 0 Å². The molecule has 0 unspecified atom stereocenters. The van der Waals surface area contributed by atoms with Crippen LogP contribution in [0.15, 0.2) is 36.5 Å². The number of aliphatic hydroxyl groups is 1. The third-order valence-corrected chi connectivity index (χ3v) is 2.98. The SMILES string of the molecule is C[C@@H](CO)NC(=O)c1c[nH]c(=S)n1-c1ccccc1. The van der Waals surface area contributed by atoms with Gasteiger partial charge in [0.1, 0.15) is 5.69 Å². The Morgan fingerprint density at radius 1 is 1.47 bits per heavy atom. The maximum Gasteiger partial charge on any atom is 0.270 e. The normalized spacial score (nSPS) is 12.1. The van der Waals surface area contributed by atoms with E-state index in [1.54, 1.807) is 17.7 Å². The number of H-pyrrole nitrogens is 1. The van der Waals surface area contributed by atoms with E-state index in [1.165, 1.54) is 0 Å². The Morgan fingerprint density at radius 3 is 2.79 bits per heavy atom. The molecule has 0 spiro atoms. The summed E-state index contributed by atoms with van der Waals surface area (Å²) >= 11 is 5.19. The van der Waals surface area contributed by atoms with Crippen LogP contribution in [0.1, 0.15) is 17.4 Å². The molecule has 0 saturated carbocycles. The quantitative estimate of drug-likeness (QED) is 0.744. The molecule has 1 heterocycles. The molecule has 0 bridgehead atoms. The van der Waals surface area contributed by atoms with Crippen molar-refractivity contribution in [2.24, 2.45) is 0 Å². The van der Waals surface area contributed by atoms with Crippen molar-refractivity contribution in [3.63, 3.8) is 0 Å². The molecular formula is C13H15N3O2S. The maximum absolute atomic E-state index is 12.1. The van der Waals surface area contributed by atoms with E-state index < -0.39 is 0 Å². The molecule has 6 heteroatoms. The van der Waals surface area contributed by atoms with E-state index in [-0.39, 0.29) is 18.6 Å². The van der Waals surface area contributed by atoms with Gasteiger partial charge in [-0.25, -0.2) is 0 Å². The number of nitrogens with one attached hydrogen (secondary N) is 2. The number of hydrogen-bond donors (Lipinski definition) is 3. The first kappa shape index (κ1) is 13.5. The number of aliphatic hydroxyl groups excluding tert-OH is 1. The number of nitrogens with zero attached hydrogens (tertiary/aromatic N) is 1. The summed E-state index contributed by atoms with van der Waals surface area (Å²) in [6.45, 7) is 1.62. The molecule has 1 amide bonds. The van der Waals surface area contributed by atoms with Crippen molar-refractivity contribution in [1.82, 2.24) is 14.9 Å². The Bertz CT molecular complexity index is 618. The summed E-state index contributed by atoms with van der Waals surface area (Å²) in [4.78, 5) is 15.0. The van der Waals surface area contributed by atoms with E-state index in [2.05, 4.69) is 10.3 Å². The number of benzene rings is 1. The lowest BCUT2D eigenvalue weighted by Crippen LogP contribution is -2.36. The number of imidazole rings is 1. The molecule has 1 aromatic heterocycles. The molecule has 5 nitrogen and oxygen atoms in total. The predicted molar refractivity (Wildman–Crippen MR) is 75.0 cm³/mol. The molecule has 0 radical (unpaired) electrons. The van der Waals surface area contributed by atoms with Gasteiger partial charge in [-0.05, 0) is 31.3 Å². The third-order valence-electron chi connectivity index (χ3n) is 2.67. The van der Waals surface area contributed by atoms with E-state index >= 15 is 0 Å². The van der Waals surface area contributed by atoms with Crippen LogP contribution >= 0.6 is 12.2 Å². The smallest absolute Gasteiger partial charge is 0.270 e. The van der Waals surface area contributed by atoms with Crippen LogP contribution in [0.2, 0.25) is 0 Å². The topological polar surface area (TPSA) is 70.1 Å². The van der Waals surface area contributed by atoms with Crippen molar-refractivity contribution >= 4 is 18.1 Å². The fourth-order valence-electron chi connectivity index (χ4n) is 1.71. The minimum atomic E-state index is -0.305. The van der Waals surface area contributed by atoms with Crippen LogP contribution in [0, 0.1) is 4.77 Å². The van der Waals surface area contributed by atoms with Gasteiger partial charge in [-0.15, -0.1) is 0 Å². The minimum absolute atomic E-state index is 0.109. The first-order valence-electron chi connectivity index (χ1n) is 5.91. The van der Waals surface area contributed by atoms with E-state index in [0.717, 1.165) is 5.69 Å². The van der Waals surface area contributed by atoms with Crippen LogP contribution in [-0.4, -0.2) is 33.2 Å². The van der Waals surface area contributed by atoms with Gasteiger partial charge >= 0.3 is 0 Å². The highest BCUT2D eigenvalue weighted by Crippen LogP contribution is 2.12. The van der Waals surface area contributed by atoms with E-state index in [4.69, 9.17) is 17.3 Å². The molecule has 1 aromatic carbocycles. The molecular weight excluding hydrogens is 262 g/mol. The molecule has 1 atom stereocenters. The first-order valence-corrected chi connectivity index (χ1v) is 6.32. The van der Waals surface area contributed by atoms with Crippen LogP contribution in [0.25, 0.3) is 5.69 Å². The van der Waals surface area contributed by atoms with Crippen molar-refractivity contribution in [3.8, 4) is 5.69 Å². The van der Waals surface area contributed by atoms with Crippen LogP contribution in [0.5, 0.6) is 0 Å². The molecule has 19 heavy (non-hydrogen) atoms. The zero-order chi connectivity index (χ0) is 13.8. The van der Waals surface area contributed by atoms with Gasteiger partial charge in [0.05, 0.1) is 6.61 Å². The largest absolute Gasteiger partial charge is 0.394 e. The third kappa shape index (κ3) is 2.91. The second kappa shape index (κ2) is 5.81. The molecule has 0 saturated heterocycles. The molecule has 100 valence electrons. The second-order valence-electron chi connectivity index (χ2n) is 4.21. The Kier molecular flexibility index (Phi) is 4.13. The van der Waals surface area contributed by atoms with E-state index in [9.17, 15) is 4.79 Å². The predicted octanol–water partition coefficient (Wildman–Crippen LogP) is 1.65. The van der Waals surface area contributed by atoms with Crippen LogP contribution < -0.4 is 5.32 Å². The molecule has 3 N–H and O–H groups in total. The van der Waals surface area contributed by atoms with E-state index in [1.807, 2.05) is 30.3 Å². The summed E-state index contributed by atoms with van der Waals surface area (Å²) in [5.74, 6) is -0.280. The molecule has 0 aliphatic heterocycles. The number of aromatic nitrogens is 2. The molecule has 2 aromatic rings. The number of rotatable bonds is 4. The number of para-hydroxylation sites is 1. The lowest BCUT2D eigenvalue weighted by atomic mass is 10.3. The highest BCUT2D eigenvalue weighted by molar-refractivity contribution is 7.71. The highest BCUT2D eigenvalue weighted by Gasteiger charge is 2.15. The summed E-state index contributed by atoms with van der Waals surface area (Å²) in [6, 6.07) is 9.09. The average molecular weight is 277 g/mol. The highest BCUT2D eigenvalue weighted by atomic mass is 32.1. The van der Waals surface area contributed by atoms with Crippen molar-refractivity contribution in [1.29, 1.82) is 0 Å². The monoisotopic (exact) mass is 277 g/mol. The Balaban J connectivity index is 2.39. The Morgan fingerprint density at radius 2 is 2.16 bits per heavy atom. The standard InChI is InChI=1S/C13H15N3O2S/c1-9(8-17)15-12(18)11-7-14-13(19)16(11)10-5-3-2-4-6-10/h2-7,9,17H,8H2,1H3,(H,14,19)(H,15,18)/t9-/m0/s1. The van der Waals surface area contributed by atoms with Gasteiger partial charge < -0.3 is 15.4 Å². The van der Waals surface area contributed by atoms with Gasteiger partial charge in [0.15, 0.2) is 4.77 Å². The zero-order valence-electron chi connectivity index (χ0n) is 10.5. The van der Waals surface area contributed by atoms with Crippen molar-refractivity contribution in [3.05, 3.63) is 47.0 Å². The van der Waals surface area contributed by atoms with Gasteiger partial charge in [0, 0.05) is 17.9 Å². The lowest BCUT2D eigenvalue weighted by molar-refractivity contribution is 0.0915. The van der Waals surface area contributed by atoms with Crippen molar-refractivity contribution < 1.29 is 9.90 Å². The van der Waals surface area contributed by atoms with Gasteiger partial charge in [0.25, 0.3) is 5.91 Å². The van der Waals surface area contributed by atoms with Crippen LogP contribution in [0.4, 0.5) is 0 Å². The number of carbonyl (C=O) groups excluding carboxylic acids is 1. The summed E-state index contributed by atoms with van der Waals surface area (Å²) in [5, 5.41) is 11.7. The molecule has 0 aliphatic rings. The number of carbonyl (C=O) groups is 1. The van der Waals surface area contributed by atoms with Gasteiger partial charge in [-0.2, -0.15) is 0 Å². The Labute approximate surface area is 115 Å². The number of aromatic amines is 1. The number of amides is 1. The van der Waals surface area contributed by atoms with E-state index in [0.29, 0.717) is 10.5 Å². The summed E-state index contributed by atoms with van der Waals surface area (Å²) < 4.78 is 2.11. The summed E-state index contributed by atoms with van der Waals surface area (Å²) in [7, 11) is 0. The van der Waals surface area contributed by atoms with Crippen molar-refractivity contribution in [2.75, 3.05) is 6.61 Å². The minimum Gasteiger partial charge on any atom is -0.394 e. The fourth-order valence-corrected chi connectivity index (χ4v) is 1.98. The number of hydrogen-bond acceptors (Lipinski definition) is 3. The zero-order valence-corrected chi connectivity index (χ0v) is 11.3. The maximum atomic E-state index is 12.1. The first-order chi connectivity index (χ1) is 9.13. The summed E-state index contributed by atoms with van der Waals surface area (Å²) in [6.07, 6.45) is 1.56. The summed E-state index contributed by atoms with van der Waals surface area (Å²) in [5.41, 5.74) is 1.23. The average Bonchev–Trinajstić information content (AvgIpc) is 2.81. The van der Waals surface area contributed by atoms with Gasteiger partial charge in [0.2, 0.25) is 0 Å². The molecule has 0 fully saturated rings. The van der Waals surface area contributed by atoms with Crippen molar-refractivity contribution in [2.45, 2.75) is 13.0 Å². The fraction of sp³-hybridized carbons (Fsp3) is 0.231. The van der Waals surface area contributed by atoms with Gasteiger partial charge in [-0.1, -0.05) is 18.2 Å². The second-order valence-corrected chi connectivity index (χ2v) is 4.59. The van der Waals surface area contributed by atoms with Gasteiger partial charge in [-0.3, -0.25) is 9.36 Å².